The minimum atomic E-state index is -0.664. The van der Waals surface area contributed by atoms with E-state index in [1.807, 2.05) is 17.5 Å². The quantitative estimate of drug-likeness (QED) is 0.334. The molecular formula is C21H17N3O5S2. The van der Waals surface area contributed by atoms with Crippen LogP contribution in [0.1, 0.15) is 30.3 Å². The van der Waals surface area contributed by atoms with E-state index < -0.39 is 16.9 Å². The lowest BCUT2D eigenvalue weighted by atomic mass is 10.0. The van der Waals surface area contributed by atoms with Crippen LogP contribution in [0.4, 0.5) is 5.69 Å². The van der Waals surface area contributed by atoms with Crippen molar-refractivity contribution in [1.29, 1.82) is 0 Å². The second kappa shape index (κ2) is 8.40. The van der Waals surface area contributed by atoms with Crippen molar-refractivity contribution in [3.63, 3.8) is 0 Å². The number of nitro groups is 1. The number of hydrogen-bond donors (Lipinski definition) is 0. The molecular weight excluding hydrogens is 438 g/mol. The molecule has 31 heavy (non-hydrogen) atoms. The molecule has 3 aromatic rings. The first-order chi connectivity index (χ1) is 14.9. The lowest BCUT2D eigenvalue weighted by molar-refractivity contribution is -0.385. The van der Waals surface area contributed by atoms with Gasteiger partial charge in [-0.25, -0.2) is 9.79 Å². The van der Waals surface area contributed by atoms with E-state index in [4.69, 9.17) is 4.74 Å². The molecule has 1 aliphatic rings. The molecule has 0 radical (unpaired) electrons. The fourth-order valence-corrected chi connectivity index (χ4v) is 5.29. The number of benzene rings is 1. The molecule has 10 heteroatoms. The van der Waals surface area contributed by atoms with Crippen molar-refractivity contribution in [2.24, 2.45) is 4.99 Å². The Balaban J connectivity index is 1.96. The monoisotopic (exact) mass is 455 g/mol. The first-order valence-electron chi connectivity index (χ1n) is 9.39. The van der Waals surface area contributed by atoms with Gasteiger partial charge in [0, 0.05) is 10.9 Å². The number of esters is 1. The van der Waals surface area contributed by atoms with Crippen LogP contribution >= 0.6 is 22.7 Å². The fourth-order valence-electron chi connectivity index (χ4n) is 3.42. The van der Waals surface area contributed by atoms with Gasteiger partial charge < -0.3 is 4.74 Å². The van der Waals surface area contributed by atoms with Gasteiger partial charge in [-0.2, -0.15) is 0 Å². The largest absolute Gasteiger partial charge is 0.463 e. The van der Waals surface area contributed by atoms with Crippen molar-refractivity contribution < 1.29 is 14.5 Å². The third kappa shape index (κ3) is 3.75. The zero-order chi connectivity index (χ0) is 22.1. The van der Waals surface area contributed by atoms with Crippen molar-refractivity contribution in [1.82, 2.24) is 4.57 Å². The zero-order valence-electron chi connectivity index (χ0n) is 16.6. The molecule has 2 aromatic heterocycles. The molecule has 0 fully saturated rings. The molecule has 0 saturated carbocycles. The highest BCUT2D eigenvalue weighted by atomic mass is 32.1. The molecule has 8 nitrogen and oxygen atoms in total. The van der Waals surface area contributed by atoms with Gasteiger partial charge in [0.25, 0.3) is 11.2 Å². The molecule has 0 unspecified atom stereocenters. The van der Waals surface area contributed by atoms with Crippen molar-refractivity contribution >= 4 is 40.4 Å². The molecule has 0 saturated heterocycles. The fraction of sp³-hybridized carbons (Fsp3) is 0.190. The summed E-state index contributed by atoms with van der Waals surface area (Å²) in [6, 6.07) is 9.26. The van der Waals surface area contributed by atoms with Crippen LogP contribution in [-0.4, -0.2) is 22.1 Å². The molecule has 0 spiro atoms. The average Bonchev–Trinajstić information content (AvgIpc) is 3.36. The lowest BCUT2D eigenvalue weighted by Gasteiger charge is -2.23. The van der Waals surface area contributed by atoms with Gasteiger partial charge in [0.15, 0.2) is 4.80 Å². The SMILES string of the molecule is CCOC(=O)C1=C(C)N=c2s/c(=C\c3ccccc3[N+](=O)[O-])c(=O)n2[C@H]1c1cccs1. The summed E-state index contributed by atoms with van der Waals surface area (Å²) >= 11 is 2.56. The van der Waals surface area contributed by atoms with Gasteiger partial charge in [0.1, 0.15) is 6.04 Å². The Morgan fingerprint density at radius 2 is 2.10 bits per heavy atom. The Kier molecular flexibility index (Phi) is 5.66. The number of hydrogen-bond acceptors (Lipinski definition) is 8. The summed E-state index contributed by atoms with van der Waals surface area (Å²) in [4.78, 5) is 42.7. The number of thiophene rings is 1. The summed E-state index contributed by atoms with van der Waals surface area (Å²) in [5.41, 5.74) is 0.664. The normalized spacial score (nSPS) is 16.1. The van der Waals surface area contributed by atoms with Crippen LogP contribution in [0.25, 0.3) is 6.08 Å². The highest BCUT2D eigenvalue weighted by molar-refractivity contribution is 7.10. The van der Waals surface area contributed by atoms with E-state index in [1.54, 1.807) is 32.0 Å². The number of carbonyl (C=O) groups is 1. The molecule has 4 rings (SSSR count). The highest BCUT2D eigenvalue weighted by Gasteiger charge is 2.33. The summed E-state index contributed by atoms with van der Waals surface area (Å²) in [5.74, 6) is -0.518. The maximum Gasteiger partial charge on any atom is 0.338 e. The number of carbonyl (C=O) groups excluding carboxylic acids is 1. The first kappa shape index (κ1) is 20.9. The van der Waals surface area contributed by atoms with E-state index in [-0.39, 0.29) is 17.9 Å². The van der Waals surface area contributed by atoms with Gasteiger partial charge in [-0.1, -0.05) is 29.5 Å². The van der Waals surface area contributed by atoms with E-state index in [0.717, 1.165) is 16.2 Å². The summed E-state index contributed by atoms with van der Waals surface area (Å²) in [6.07, 6.45) is 1.50. The molecule has 3 heterocycles. The van der Waals surface area contributed by atoms with Gasteiger partial charge in [-0.15, -0.1) is 11.3 Å². The Hall–Kier alpha value is -3.37. The Morgan fingerprint density at radius 3 is 2.77 bits per heavy atom. The second-order valence-electron chi connectivity index (χ2n) is 6.63. The third-order valence-corrected chi connectivity index (χ3v) is 6.66. The van der Waals surface area contributed by atoms with Crippen LogP contribution in [0, 0.1) is 10.1 Å². The van der Waals surface area contributed by atoms with Gasteiger partial charge in [0.2, 0.25) is 0 Å². The Bertz CT molecular complexity index is 1380. The number of thiazole rings is 1. The maximum absolute atomic E-state index is 13.4. The predicted octanol–water partition coefficient (Wildman–Crippen LogP) is 2.77. The van der Waals surface area contributed by atoms with Gasteiger partial charge in [-0.05, 0) is 37.4 Å². The van der Waals surface area contributed by atoms with E-state index in [1.165, 1.54) is 28.0 Å². The predicted molar refractivity (Wildman–Crippen MR) is 118 cm³/mol. The Labute approximate surface area is 184 Å². The van der Waals surface area contributed by atoms with Crippen molar-refractivity contribution in [3.05, 3.63) is 93.3 Å². The number of nitrogens with zero attached hydrogens (tertiary/aromatic N) is 3. The summed E-state index contributed by atoms with van der Waals surface area (Å²) in [7, 11) is 0. The number of allylic oxidation sites excluding steroid dienone is 1. The third-order valence-electron chi connectivity index (χ3n) is 4.75. The van der Waals surface area contributed by atoms with Gasteiger partial charge in [-0.3, -0.25) is 19.5 Å². The van der Waals surface area contributed by atoms with E-state index in [0.29, 0.717) is 26.2 Å². The van der Waals surface area contributed by atoms with Crippen LogP contribution in [0.3, 0.4) is 0 Å². The topological polar surface area (TPSA) is 104 Å². The molecule has 158 valence electrons. The minimum absolute atomic E-state index is 0.0912. The summed E-state index contributed by atoms with van der Waals surface area (Å²) < 4.78 is 7.00. The van der Waals surface area contributed by atoms with Crippen LogP contribution in [0.2, 0.25) is 0 Å². The number of rotatable bonds is 5. The Morgan fingerprint density at radius 1 is 1.32 bits per heavy atom. The van der Waals surface area contributed by atoms with E-state index in [2.05, 4.69) is 4.99 Å². The molecule has 0 N–H and O–H groups in total. The summed E-state index contributed by atoms with van der Waals surface area (Å²) in [5, 5.41) is 13.2. The van der Waals surface area contributed by atoms with Crippen LogP contribution in [0.5, 0.6) is 0 Å². The smallest absolute Gasteiger partial charge is 0.338 e. The van der Waals surface area contributed by atoms with Gasteiger partial charge >= 0.3 is 5.97 Å². The van der Waals surface area contributed by atoms with Crippen molar-refractivity contribution in [2.75, 3.05) is 6.61 Å². The number of fused-ring (bicyclic) bond motifs is 1. The molecule has 1 aromatic carbocycles. The maximum atomic E-state index is 13.4. The van der Waals surface area contributed by atoms with Crippen LogP contribution in [0.15, 0.2) is 62.8 Å². The van der Waals surface area contributed by atoms with E-state index in [9.17, 15) is 19.7 Å². The van der Waals surface area contributed by atoms with Crippen molar-refractivity contribution in [3.8, 4) is 0 Å². The highest BCUT2D eigenvalue weighted by Crippen LogP contribution is 2.33. The molecule has 0 aliphatic carbocycles. The molecule has 0 bridgehead atoms. The molecule has 1 aliphatic heterocycles. The van der Waals surface area contributed by atoms with E-state index >= 15 is 0 Å². The van der Waals surface area contributed by atoms with Crippen LogP contribution in [-0.2, 0) is 9.53 Å². The zero-order valence-corrected chi connectivity index (χ0v) is 18.2. The first-order valence-corrected chi connectivity index (χ1v) is 11.1. The van der Waals surface area contributed by atoms with Crippen molar-refractivity contribution in [2.45, 2.75) is 19.9 Å². The standard InChI is InChI=1S/C21H17N3O5S2/c1-3-29-20(26)17-12(2)22-21-23(18(17)15-9-6-10-30-15)19(25)16(31-21)11-13-7-4-5-8-14(13)24(27)28/h4-11,18H,3H2,1-2H3/b16-11-/t18-/m0/s1. The summed E-state index contributed by atoms with van der Waals surface area (Å²) in [6.45, 7) is 3.64. The number of nitro benzene ring substituents is 1. The molecule has 0 amide bonds. The average molecular weight is 456 g/mol. The number of aromatic nitrogens is 1. The number of para-hydroxylation sites is 1. The number of ether oxygens (including phenoxy) is 1. The molecule has 1 atom stereocenters. The van der Waals surface area contributed by atoms with Crippen LogP contribution < -0.4 is 14.9 Å². The minimum Gasteiger partial charge on any atom is -0.463 e. The lowest BCUT2D eigenvalue weighted by Crippen LogP contribution is -2.39. The second-order valence-corrected chi connectivity index (χ2v) is 8.62. The van der Waals surface area contributed by atoms with Gasteiger partial charge in [0.05, 0.1) is 32.9 Å².